The highest BCUT2D eigenvalue weighted by Crippen LogP contribution is 2.25. The minimum atomic E-state index is -0.251. The summed E-state index contributed by atoms with van der Waals surface area (Å²) in [5.74, 6) is -0.163. The topological polar surface area (TPSA) is 103 Å². The Morgan fingerprint density at radius 3 is 2.79 bits per heavy atom. The maximum Gasteiger partial charge on any atom is 0.234 e. The van der Waals surface area contributed by atoms with E-state index in [1.807, 2.05) is 6.07 Å². The van der Waals surface area contributed by atoms with Gasteiger partial charge in [-0.15, -0.1) is 5.10 Å². The van der Waals surface area contributed by atoms with Gasteiger partial charge in [0.2, 0.25) is 11.1 Å². The van der Waals surface area contributed by atoms with Crippen molar-refractivity contribution in [2.75, 3.05) is 11.1 Å². The third-order valence-corrected chi connectivity index (χ3v) is 5.11. The van der Waals surface area contributed by atoms with Gasteiger partial charge < -0.3 is 5.32 Å². The molecule has 0 fully saturated rings. The van der Waals surface area contributed by atoms with Crippen LogP contribution in [0.1, 0.15) is 0 Å². The number of hydrogen-bond acceptors (Lipinski definition) is 7. The van der Waals surface area contributed by atoms with Crippen LogP contribution in [0, 0.1) is 0 Å². The zero-order valence-electron chi connectivity index (χ0n) is 14.6. The van der Waals surface area contributed by atoms with Crippen LogP contribution in [-0.4, -0.2) is 46.6 Å². The van der Waals surface area contributed by atoms with Gasteiger partial charge in [-0.1, -0.05) is 41.0 Å². The van der Waals surface area contributed by atoms with Crippen LogP contribution in [0.15, 0.2) is 60.3 Å². The molecule has 1 amide bonds. The molecule has 2 aromatic heterocycles. The van der Waals surface area contributed by atoms with Crippen LogP contribution >= 0.6 is 35.0 Å². The van der Waals surface area contributed by atoms with Gasteiger partial charge in [-0.3, -0.25) is 4.79 Å². The Labute approximate surface area is 179 Å². The first kappa shape index (κ1) is 19.4. The van der Waals surface area contributed by atoms with Crippen molar-refractivity contribution < 1.29 is 4.79 Å². The molecule has 0 spiro atoms. The van der Waals surface area contributed by atoms with E-state index in [0.29, 0.717) is 32.3 Å². The maximum absolute atomic E-state index is 12.5. The fourth-order valence-electron chi connectivity index (χ4n) is 2.50. The number of thioether (sulfide) groups is 1. The van der Waals surface area contributed by atoms with Crippen LogP contribution in [-0.2, 0) is 4.79 Å². The van der Waals surface area contributed by atoms with Crippen molar-refractivity contribution in [3.05, 3.63) is 65.2 Å². The van der Waals surface area contributed by atoms with Crippen LogP contribution in [0.5, 0.6) is 0 Å². The fraction of sp³-hybridized carbons (Fsp3) is 0.0588. The molecule has 4 aromatic rings. The van der Waals surface area contributed by atoms with E-state index in [2.05, 4.69) is 30.9 Å². The standard InChI is InChI=1S/C17H12Cl2N8OS/c18-11-2-1-3-13(6-11)27-17(23-24-25-27)29-8-16(28)22-14-7-12(19)4-5-15(14)26-10-20-9-21-26/h1-7,9-10H,8H2,(H,22,28). The van der Waals surface area contributed by atoms with Crippen molar-refractivity contribution in [3.8, 4) is 11.4 Å². The number of aromatic nitrogens is 7. The third-order valence-electron chi connectivity index (χ3n) is 3.72. The van der Waals surface area contributed by atoms with E-state index in [-0.39, 0.29) is 11.7 Å². The van der Waals surface area contributed by atoms with Crippen molar-refractivity contribution in [3.63, 3.8) is 0 Å². The largest absolute Gasteiger partial charge is 0.323 e. The highest BCUT2D eigenvalue weighted by atomic mass is 35.5. The first-order chi connectivity index (χ1) is 14.1. The number of rotatable bonds is 6. The number of halogens is 2. The molecule has 4 rings (SSSR count). The Morgan fingerprint density at radius 1 is 1.14 bits per heavy atom. The summed E-state index contributed by atoms with van der Waals surface area (Å²) in [4.78, 5) is 16.4. The molecule has 29 heavy (non-hydrogen) atoms. The van der Waals surface area contributed by atoms with Crippen molar-refractivity contribution in [2.45, 2.75) is 5.16 Å². The van der Waals surface area contributed by atoms with Crippen LogP contribution in [0.4, 0.5) is 5.69 Å². The summed E-state index contributed by atoms with van der Waals surface area (Å²) in [7, 11) is 0. The first-order valence-corrected chi connectivity index (χ1v) is 9.96. The molecule has 2 aromatic carbocycles. The van der Waals surface area contributed by atoms with Crippen LogP contribution in [0.3, 0.4) is 0 Å². The molecule has 0 atom stereocenters. The molecule has 0 bridgehead atoms. The van der Waals surface area contributed by atoms with Gasteiger partial charge in [-0.2, -0.15) is 9.78 Å². The molecule has 2 heterocycles. The van der Waals surface area contributed by atoms with Crippen LogP contribution in [0.2, 0.25) is 10.0 Å². The monoisotopic (exact) mass is 446 g/mol. The lowest BCUT2D eigenvalue weighted by Crippen LogP contribution is -2.16. The summed E-state index contributed by atoms with van der Waals surface area (Å²) in [6.07, 6.45) is 2.94. The van der Waals surface area contributed by atoms with E-state index >= 15 is 0 Å². The second-order valence-corrected chi connectivity index (χ2v) is 7.51. The molecule has 0 aliphatic heterocycles. The lowest BCUT2D eigenvalue weighted by molar-refractivity contribution is -0.113. The molecule has 0 aliphatic rings. The van der Waals surface area contributed by atoms with Gasteiger partial charge in [-0.25, -0.2) is 9.67 Å². The second kappa shape index (κ2) is 8.60. The maximum atomic E-state index is 12.5. The Balaban J connectivity index is 1.47. The van der Waals surface area contributed by atoms with E-state index in [0.717, 1.165) is 0 Å². The SMILES string of the molecule is O=C(CSc1nnnn1-c1cccc(Cl)c1)Nc1cc(Cl)ccc1-n1cncn1. The fourth-order valence-corrected chi connectivity index (χ4v) is 3.54. The number of carbonyl (C=O) groups excluding carboxylic acids is 1. The molecule has 0 unspecified atom stereocenters. The highest BCUT2D eigenvalue weighted by Gasteiger charge is 2.14. The zero-order chi connectivity index (χ0) is 20.2. The highest BCUT2D eigenvalue weighted by molar-refractivity contribution is 7.99. The second-order valence-electron chi connectivity index (χ2n) is 5.69. The van der Waals surface area contributed by atoms with E-state index in [1.165, 1.54) is 29.1 Å². The van der Waals surface area contributed by atoms with Gasteiger partial charge in [0.15, 0.2) is 0 Å². The Kier molecular flexibility index (Phi) is 5.74. The zero-order valence-corrected chi connectivity index (χ0v) is 16.9. The lowest BCUT2D eigenvalue weighted by atomic mass is 10.2. The minimum absolute atomic E-state index is 0.0875. The number of nitrogens with zero attached hydrogens (tertiary/aromatic N) is 7. The van der Waals surface area contributed by atoms with Crippen molar-refractivity contribution in [2.24, 2.45) is 0 Å². The number of amides is 1. The summed E-state index contributed by atoms with van der Waals surface area (Å²) in [5.41, 5.74) is 1.87. The van der Waals surface area contributed by atoms with Gasteiger partial charge in [0.25, 0.3) is 0 Å². The summed E-state index contributed by atoms with van der Waals surface area (Å²) in [6.45, 7) is 0. The van der Waals surface area contributed by atoms with Crippen molar-refractivity contribution >= 4 is 46.6 Å². The van der Waals surface area contributed by atoms with Gasteiger partial charge in [0.05, 0.1) is 22.8 Å². The number of carbonyl (C=O) groups is 1. The van der Waals surface area contributed by atoms with Crippen LogP contribution < -0.4 is 5.32 Å². The van der Waals surface area contributed by atoms with Crippen molar-refractivity contribution in [1.29, 1.82) is 0 Å². The molecule has 12 heteroatoms. The number of benzene rings is 2. The van der Waals surface area contributed by atoms with E-state index in [9.17, 15) is 4.79 Å². The molecule has 0 saturated heterocycles. The van der Waals surface area contributed by atoms with E-state index < -0.39 is 0 Å². The van der Waals surface area contributed by atoms with E-state index in [4.69, 9.17) is 23.2 Å². The van der Waals surface area contributed by atoms with Crippen molar-refractivity contribution in [1.82, 2.24) is 35.0 Å². The van der Waals surface area contributed by atoms with Gasteiger partial charge in [0.1, 0.15) is 12.7 Å². The number of nitrogens with one attached hydrogen (secondary N) is 1. The van der Waals surface area contributed by atoms with Gasteiger partial charge in [-0.05, 0) is 46.8 Å². The molecular formula is C17H12Cl2N8OS. The average Bonchev–Trinajstić information content (AvgIpc) is 3.38. The lowest BCUT2D eigenvalue weighted by Gasteiger charge is -2.11. The summed E-state index contributed by atoms with van der Waals surface area (Å²) in [5, 5.41) is 20.1. The predicted molar refractivity (Wildman–Crippen MR) is 110 cm³/mol. The summed E-state index contributed by atoms with van der Waals surface area (Å²) >= 11 is 13.3. The number of tetrazole rings is 1. The molecule has 1 N–H and O–H groups in total. The molecular weight excluding hydrogens is 435 g/mol. The number of hydrogen-bond donors (Lipinski definition) is 1. The van der Waals surface area contributed by atoms with Gasteiger partial charge in [0, 0.05) is 10.0 Å². The minimum Gasteiger partial charge on any atom is -0.323 e. The Bertz CT molecular complexity index is 1150. The summed E-state index contributed by atoms with van der Waals surface area (Å²) in [6, 6.07) is 12.2. The average molecular weight is 447 g/mol. The molecule has 0 saturated carbocycles. The third kappa shape index (κ3) is 4.56. The number of anilines is 1. The van der Waals surface area contributed by atoms with Crippen LogP contribution in [0.25, 0.3) is 11.4 Å². The van der Waals surface area contributed by atoms with Gasteiger partial charge >= 0.3 is 0 Å². The van der Waals surface area contributed by atoms with E-state index in [1.54, 1.807) is 41.1 Å². The molecule has 0 radical (unpaired) electrons. The normalized spacial score (nSPS) is 10.8. The first-order valence-electron chi connectivity index (χ1n) is 8.22. The Morgan fingerprint density at radius 2 is 2.00 bits per heavy atom. The Hall–Kier alpha value is -2.95. The predicted octanol–water partition coefficient (Wildman–Crippen LogP) is 3.28. The quantitative estimate of drug-likeness (QED) is 0.453. The smallest absolute Gasteiger partial charge is 0.234 e. The molecule has 9 nitrogen and oxygen atoms in total. The summed E-state index contributed by atoms with van der Waals surface area (Å²) < 4.78 is 3.06. The molecule has 0 aliphatic carbocycles. The molecule has 146 valence electrons.